The molecule has 0 radical (unpaired) electrons. The van der Waals surface area contributed by atoms with Crippen LogP contribution in [0, 0.1) is 11.7 Å². The van der Waals surface area contributed by atoms with E-state index in [0.717, 1.165) is 11.3 Å². The summed E-state index contributed by atoms with van der Waals surface area (Å²) in [5.41, 5.74) is 0.759. The van der Waals surface area contributed by atoms with Crippen molar-refractivity contribution in [1.29, 1.82) is 0 Å². The van der Waals surface area contributed by atoms with Gasteiger partial charge in [-0.2, -0.15) is 0 Å². The topological polar surface area (TPSA) is 87.5 Å². The SMILES string of the molecule is CC(C)C(NC(=O)O)C(=O)N1CCC(F)(CCC2c3c(F)cccc3-c3cncn32)CC1. The van der Waals surface area contributed by atoms with Crippen molar-refractivity contribution in [3.63, 3.8) is 0 Å². The van der Waals surface area contributed by atoms with E-state index in [1.54, 1.807) is 32.4 Å². The van der Waals surface area contributed by atoms with Crippen molar-refractivity contribution < 1.29 is 23.5 Å². The van der Waals surface area contributed by atoms with Crippen molar-refractivity contribution >= 4 is 12.0 Å². The quantitative estimate of drug-likeness (QED) is 0.702. The third-order valence-electron chi connectivity index (χ3n) is 6.71. The van der Waals surface area contributed by atoms with Crippen molar-refractivity contribution in [2.45, 2.75) is 57.3 Å². The number of alkyl halides is 1. The fourth-order valence-corrected chi connectivity index (χ4v) is 4.90. The van der Waals surface area contributed by atoms with E-state index in [9.17, 15) is 14.0 Å². The highest BCUT2D eigenvalue weighted by Crippen LogP contribution is 2.44. The molecule has 2 aliphatic rings. The maximum atomic E-state index is 15.6. The van der Waals surface area contributed by atoms with E-state index in [1.807, 2.05) is 10.6 Å². The Balaban J connectivity index is 1.40. The monoisotopic (exact) mass is 446 g/mol. The summed E-state index contributed by atoms with van der Waals surface area (Å²) in [4.78, 5) is 29.5. The number of carbonyl (C=O) groups is 2. The lowest BCUT2D eigenvalue weighted by atomic mass is 9.85. The molecule has 2 unspecified atom stereocenters. The summed E-state index contributed by atoms with van der Waals surface area (Å²) in [6.07, 6.45) is 3.12. The molecule has 0 spiro atoms. The highest BCUT2D eigenvalue weighted by molar-refractivity contribution is 5.85. The molecule has 2 N–H and O–H groups in total. The number of benzene rings is 1. The number of halogens is 2. The number of piperidine rings is 1. The van der Waals surface area contributed by atoms with E-state index < -0.39 is 17.8 Å². The van der Waals surface area contributed by atoms with Gasteiger partial charge in [0, 0.05) is 24.2 Å². The molecule has 1 saturated heterocycles. The molecule has 32 heavy (non-hydrogen) atoms. The Labute approximate surface area is 185 Å². The van der Waals surface area contributed by atoms with Crippen LogP contribution in [-0.4, -0.2) is 56.4 Å². The van der Waals surface area contributed by atoms with Gasteiger partial charge in [-0.05, 0) is 37.7 Å². The van der Waals surface area contributed by atoms with Gasteiger partial charge in [0.1, 0.15) is 17.5 Å². The van der Waals surface area contributed by atoms with Crippen molar-refractivity contribution in [1.82, 2.24) is 19.8 Å². The van der Waals surface area contributed by atoms with E-state index in [-0.39, 0.29) is 56.0 Å². The van der Waals surface area contributed by atoms with Crippen LogP contribution in [0.2, 0.25) is 0 Å². The zero-order valence-electron chi connectivity index (χ0n) is 18.2. The number of carboxylic acid groups (broad SMARTS) is 1. The second-order valence-corrected chi connectivity index (χ2v) is 9.09. The molecular weight excluding hydrogens is 418 g/mol. The Hall–Kier alpha value is -2.97. The minimum atomic E-state index is -1.46. The van der Waals surface area contributed by atoms with E-state index in [1.165, 1.54) is 11.0 Å². The van der Waals surface area contributed by atoms with Crippen molar-refractivity contribution in [2.75, 3.05) is 13.1 Å². The standard InChI is InChI=1S/C23H28F2N4O3/c1-14(2)20(27-22(31)32)21(30)28-10-8-23(25,9-11-28)7-6-17-19-15(4-3-5-16(19)24)18-12-26-13-29(17)18/h3-5,12-14,17,20,27H,6-11H2,1-2H3,(H,31,32). The molecule has 0 saturated carbocycles. The lowest BCUT2D eigenvalue weighted by Crippen LogP contribution is -2.54. The van der Waals surface area contributed by atoms with Gasteiger partial charge in [-0.3, -0.25) is 4.79 Å². The molecule has 4 rings (SSSR count). The highest BCUT2D eigenvalue weighted by atomic mass is 19.1. The van der Waals surface area contributed by atoms with Gasteiger partial charge in [0.05, 0.1) is 24.3 Å². The smallest absolute Gasteiger partial charge is 0.405 e. The average Bonchev–Trinajstić information content (AvgIpc) is 3.33. The molecule has 0 bridgehead atoms. The number of aromatic nitrogens is 2. The van der Waals surface area contributed by atoms with Crippen LogP contribution in [0.25, 0.3) is 11.3 Å². The maximum Gasteiger partial charge on any atom is 0.405 e. The van der Waals surface area contributed by atoms with Crippen molar-refractivity contribution in [3.05, 3.63) is 42.1 Å². The first-order valence-corrected chi connectivity index (χ1v) is 11.0. The van der Waals surface area contributed by atoms with E-state index in [2.05, 4.69) is 10.3 Å². The molecule has 9 heteroatoms. The summed E-state index contributed by atoms with van der Waals surface area (Å²) >= 11 is 0. The molecule has 1 aromatic carbocycles. The number of nitrogens with zero attached hydrogens (tertiary/aromatic N) is 3. The number of hydrogen-bond donors (Lipinski definition) is 2. The van der Waals surface area contributed by atoms with Crippen LogP contribution in [0.5, 0.6) is 0 Å². The van der Waals surface area contributed by atoms with Crippen LogP contribution >= 0.6 is 0 Å². The molecule has 2 aromatic rings. The number of imidazole rings is 1. The number of carbonyl (C=O) groups excluding carboxylic acids is 1. The van der Waals surface area contributed by atoms with E-state index in [4.69, 9.17) is 5.11 Å². The predicted molar refractivity (Wildman–Crippen MR) is 114 cm³/mol. The molecular formula is C23H28F2N4O3. The zero-order valence-corrected chi connectivity index (χ0v) is 18.2. The largest absolute Gasteiger partial charge is 0.465 e. The summed E-state index contributed by atoms with van der Waals surface area (Å²) in [6.45, 7) is 3.99. The molecule has 2 atom stereocenters. The fourth-order valence-electron chi connectivity index (χ4n) is 4.90. The number of hydrogen-bond acceptors (Lipinski definition) is 3. The Kier molecular flexibility index (Phi) is 5.92. The van der Waals surface area contributed by atoms with Crippen LogP contribution in [0.1, 0.15) is 51.1 Å². The summed E-state index contributed by atoms with van der Waals surface area (Å²) < 4.78 is 32.1. The Morgan fingerprint density at radius 3 is 2.69 bits per heavy atom. The first kappa shape index (κ1) is 22.2. The summed E-state index contributed by atoms with van der Waals surface area (Å²) in [5.74, 6) is -0.827. The second kappa shape index (κ2) is 8.52. The molecule has 0 aliphatic carbocycles. The summed E-state index contributed by atoms with van der Waals surface area (Å²) in [7, 11) is 0. The molecule has 2 amide bonds. The Morgan fingerprint density at radius 2 is 2.03 bits per heavy atom. The summed E-state index contributed by atoms with van der Waals surface area (Å²) in [5, 5.41) is 11.3. The highest BCUT2D eigenvalue weighted by Gasteiger charge is 2.40. The Bertz CT molecular complexity index is 1010. The number of likely N-dealkylation sites (tertiary alicyclic amines) is 1. The van der Waals surface area contributed by atoms with E-state index >= 15 is 4.39 Å². The van der Waals surface area contributed by atoms with Gasteiger partial charge in [0.15, 0.2) is 0 Å². The minimum Gasteiger partial charge on any atom is -0.465 e. The second-order valence-electron chi connectivity index (χ2n) is 9.09. The van der Waals surface area contributed by atoms with Gasteiger partial charge in [-0.25, -0.2) is 18.6 Å². The number of fused-ring (bicyclic) bond motifs is 3. The third-order valence-corrected chi connectivity index (χ3v) is 6.71. The number of rotatable bonds is 6. The predicted octanol–water partition coefficient (Wildman–Crippen LogP) is 4.00. The summed E-state index contributed by atoms with van der Waals surface area (Å²) in [6, 6.07) is 3.80. The molecule has 3 heterocycles. The lowest BCUT2D eigenvalue weighted by Gasteiger charge is -2.38. The van der Waals surface area contributed by atoms with Gasteiger partial charge in [0.25, 0.3) is 0 Å². The van der Waals surface area contributed by atoms with Crippen LogP contribution in [0.4, 0.5) is 13.6 Å². The molecule has 1 fully saturated rings. The first-order chi connectivity index (χ1) is 15.2. The average molecular weight is 446 g/mol. The zero-order chi connectivity index (χ0) is 23.0. The van der Waals surface area contributed by atoms with Crippen molar-refractivity contribution in [3.8, 4) is 11.3 Å². The van der Waals surface area contributed by atoms with Crippen LogP contribution in [0.3, 0.4) is 0 Å². The maximum absolute atomic E-state index is 15.6. The van der Waals surface area contributed by atoms with Gasteiger partial charge >= 0.3 is 6.09 Å². The molecule has 7 nitrogen and oxygen atoms in total. The normalized spacial score (nSPS) is 20.0. The fraction of sp³-hybridized carbons (Fsp3) is 0.522. The van der Waals surface area contributed by atoms with Gasteiger partial charge in [-0.15, -0.1) is 0 Å². The van der Waals surface area contributed by atoms with Gasteiger partial charge < -0.3 is 19.9 Å². The van der Waals surface area contributed by atoms with Crippen molar-refractivity contribution in [2.24, 2.45) is 5.92 Å². The number of nitrogens with one attached hydrogen (secondary N) is 1. The van der Waals surface area contributed by atoms with Crippen LogP contribution in [0.15, 0.2) is 30.7 Å². The third kappa shape index (κ3) is 4.08. The number of amides is 2. The lowest BCUT2D eigenvalue weighted by molar-refractivity contribution is -0.137. The molecule has 2 aliphatic heterocycles. The van der Waals surface area contributed by atoms with Crippen LogP contribution in [-0.2, 0) is 4.79 Å². The first-order valence-electron chi connectivity index (χ1n) is 11.0. The molecule has 172 valence electrons. The Morgan fingerprint density at radius 1 is 1.31 bits per heavy atom. The van der Waals surface area contributed by atoms with Crippen LogP contribution < -0.4 is 5.32 Å². The van der Waals surface area contributed by atoms with Gasteiger partial charge in [-0.1, -0.05) is 26.0 Å². The van der Waals surface area contributed by atoms with E-state index in [0.29, 0.717) is 12.0 Å². The molecule has 1 aromatic heterocycles. The minimum absolute atomic E-state index is 0.171. The van der Waals surface area contributed by atoms with Gasteiger partial charge in [0.2, 0.25) is 5.91 Å².